The Balaban J connectivity index is 2.14. The van der Waals surface area contributed by atoms with Gasteiger partial charge in [-0.05, 0) is 18.1 Å². The predicted molar refractivity (Wildman–Crippen MR) is 107 cm³/mol. The molecule has 3 aromatic rings. The summed E-state index contributed by atoms with van der Waals surface area (Å²) in [6, 6.07) is 8.61. The first kappa shape index (κ1) is 21.0. The molecule has 0 aliphatic carbocycles. The van der Waals surface area contributed by atoms with E-state index in [1.807, 2.05) is 0 Å². The van der Waals surface area contributed by atoms with Gasteiger partial charge in [-0.3, -0.25) is 13.9 Å². The number of hydrogen-bond acceptors (Lipinski definition) is 5. The lowest BCUT2D eigenvalue weighted by Gasteiger charge is -2.20. The van der Waals surface area contributed by atoms with E-state index in [4.69, 9.17) is 0 Å². The van der Waals surface area contributed by atoms with Gasteiger partial charge in [0.05, 0.1) is 16.6 Å². The first-order valence-corrected chi connectivity index (χ1v) is 10.5. The zero-order chi connectivity index (χ0) is 22.7. The summed E-state index contributed by atoms with van der Waals surface area (Å²) >= 11 is 0. The van der Waals surface area contributed by atoms with E-state index in [1.165, 1.54) is 24.7 Å². The van der Waals surface area contributed by atoms with Crippen LogP contribution in [-0.4, -0.2) is 27.6 Å². The summed E-state index contributed by atoms with van der Waals surface area (Å²) < 4.78 is 70.2. The van der Waals surface area contributed by atoms with Crippen molar-refractivity contribution < 1.29 is 25.8 Å². The van der Waals surface area contributed by atoms with Gasteiger partial charge in [0.2, 0.25) is 0 Å². The fourth-order valence-corrected chi connectivity index (χ4v) is 4.22. The maximum Gasteiger partial charge on any atom is 0.534 e. The number of halogens is 3. The Labute approximate surface area is 173 Å². The molecule has 0 bridgehead atoms. The highest BCUT2D eigenvalue weighted by molar-refractivity contribution is 7.87. The maximum atomic E-state index is 13.0. The summed E-state index contributed by atoms with van der Waals surface area (Å²) in [6.45, 7) is 0.241. The van der Waals surface area contributed by atoms with E-state index >= 15 is 0 Å². The maximum absolute atomic E-state index is 13.0. The minimum Gasteiger partial charge on any atom is -0.374 e. The van der Waals surface area contributed by atoms with Crippen LogP contribution in [-0.2, 0) is 34.9 Å². The van der Waals surface area contributed by atoms with Crippen LogP contribution in [0.2, 0.25) is 0 Å². The molecule has 0 saturated heterocycles. The molecule has 0 atom stereocenters. The second kappa shape index (κ2) is 6.87. The van der Waals surface area contributed by atoms with Crippen molar-refractivity contribution in [3.05, 3.63) is 62.9 Å². The van der Waals surface area contributed by atoms with Crippen molar-refractivity contribution in [2.45, 2.75) is 18.5 Å². The van der Waals surface area contributed by atoms with E-state index in [9.17, 15) is 31.2 Å². The van der Waals surface area contributed by atoms with Gasteiger partial charge >= 0.3 is 21.3 Å². The molecule has 1 aliphatic heterocycles. The lowest BCUT2D eigenvalue weighted by atomic mass is 10.1. The van der Waals surface area contributed by atoms with Gasteiger partial charge < -0.3 is 8.75 Å². The van der Waals surface area contributed by atoms with Crippen molar-refractivity contribution >= 4 is 26.8 Å². The molecule has 0 amide bonds. The van der Waals surface area contributed by atoms with Crippen LogP contribution >= 0.6 is 0 Å². The van der Waals surface area contributed by atoms with E-state index in [-0.39, 0.29) is 29.6 Å². The Morgan fingerprint density at radius 2 is 1.65 bits per heavy atom. The van der Waals surface area contributed by atoms with E-state index in [2.05, 4.69) is 4.18 Å². The lowest BCUT2D eigenvalue weighted by Crippen LogP contribution is -2.37. The molecule has 1 aromatic carbocycles. The third-order valence-corrected chi connectivity index (χ3v) is 6.08. The SMILES string of the molecule is Cn1c(=O)c2c(-c3ccccc3)n3c(c2n(C)c1=O)C(OS(=O)(=O)C(F)(F)F)=CCC3. The molecule has 0 radical (unpaired) electrons. The third-order valence-electron chi connectivity index (χ3n) is 5.11. The number of allylic oxidation sites excluding steroid dienone is 1. The van der Waals surface area contributed by atoms with Crippen LogP contribution in [0.4, 0.5) is 13.2 Å². The van der Waals surface area contributed by atoms with Crippen molar-refractivity contribution in [1.29, 1.82) is 0 Å². The molecule has 31 heavy (non-hydrogen) atoms. The second-order valence-corrected chi connectivity index (χ2v) is 8.52. The Morgan fingerprint density at radius 1 is 1.00 bits per heavy atom. The van der Waals surface area contributed by atoms with Crippen molar-refractivity contribution in [1.82, 2.24) is 13.7 Å². The van der Waals surface area contributed by atoms with Gasteiger partial charge in [-0.25, -0.2) is 4.79 Å². The molecule has 0 N–H and O–H groups in total. The number of rotatable bonds is 3. The van der Waals surface area contributed by atoms with Gasteiger partial charge in [0.1, 0.15) is 5.69 Å². The first-order valence-electron chi connectivity index (χ1n) is 9.04. The monoisotopic (exact) mass is 455 g/mol. The minimum absolute atomic E-state index is 0.00437. The number of aryl methyl sites for hydroxylation is 1. The van der Waals surface area contributed by atoms with Crippen LogP contribution in [0.1, 0.15) is 12.1 Å². The molecule has 164 valence electrons. The molecule has 0 unspecified atom stereocenters. The molecular weight excluding hydrogens is 439 g/mol. The average Bonchev–Trinajstić information content (AvgIpc) is 3.06. The molecular formula is C19H16F3N3O5S. The molecule has 1 aliphatic rings. The highest BCUT2D eigenvalue weighted by atomic mass is 32.2. The standard InChI is InChI=1S/C19H16F3N3O5S/c1-23-16-13(17(26)24(2)18(23)27)14(11-7-4-3-5-8-11)25-10-6-9-12(15(16)25)30-31(28,29)19(20,21)22/h3-5,7-9H,6,10H2,1-2H3. The van der Waals surface area contributed by atoms with E-state index in [0.717, 1.165) is 9.13 Å². The van der Waals surface area contributed by atoms with Crippen LogP contribution in [0.15, 0.2) is 46.0 Å². The van der Waals surface area contributed by atoms with Gasteiger partial charge in [-0.1, -0.05) is 30.3 Å². The molecule has 0 saturated carbocycles. The van der Waals surface area contributed by atoms with Crippen LogP contribution < -0.4 is 11.2 Å². The lowest BCUT2D eigenvalue weighted by molar-refractivity contribution is -0.0509. The summed E-state index contributed by atoms with van der Waals surface area (Å²) in [7, 11) is -3.32. The summed E-state index contributed by atoms with van der Waals surface area (Å²) in [6.07, 6.45) is 1.36. The summed E-state index contributed by atoms with van der Waals surface area (Å²) in [4.78, 5) is 25.6. The van der Waals surface area contributed by atoms with Crippen LogP contribution in [0.3, 0.4) is 0 Å². The zero-order valence-electron chi connectivity index (χ0n) is 16.3. The number of benzene rings is 1. The first-order chi connectivity index (χ1) is 14.5. The number of nitrogens with zero attached hydrogens (tertiary/aromatic N) is 3. The van der Waals surface area contributed by atoms with E-state index < -0.39 is 32.6 Å². The fraction of sp³-hybridized carbons (Fsp3) is 0.263. The Hall–Kier alpha value is -3.28. The van der Waals surface area contributed by atoms with Crippen LogP contribution in [0.25, 0.3) is 27.9 Å². The topological polar surface area (TPSA) is 92.3 Å². The summed E-state index contributed by atoms with van der Waals surface area (Å²) in [5.74, 6) is -0.584. The van der Waals surface area contributed by atoms with Crippen LogP contribution in [0, 0.1) is 0 Å². The Kier molecular flexibility index (Phi) is 4.65. The average molecular weight is 455 g/mol. The quantitative estimate of drug-likeness (QED) is 0.447. The van der Waals surface area contributed by atoms with E-state index in [1.54, 1.807) is 30.3 Å². The van der Waals surface area contributed by atoms with Gasteiger partial charge in [0.25, 0.3) is 5.56 Å². The predicted octanol–water partition coefficient (Wildman–Crippen LogP) is 2.32. The molecule has 0 fully saturated rings. The molecule has 3 heterocycles. The molecule has 4 rings (SSSR count). The van der Waals surface area contributed by atoms with Gasteiger partial charge in [0.15, 0.2) is 5.76 Å². The zero-order valence-corrected chi connectivity index (χ0v) is 17.1. The smallest absolute Gasteiger partial charge is 0.374 e. The van der Waals surface area contributed by atoms with Crippen LogP contribution in [0.5, 0.6) is 0 Å². The Morgan fingerprint density at radius 3 is 2.26 bits per heavy atom. The number of alkyl halides is 3. The largest absolute Gasteiger partial charge is 0.534 e. The molecule has 2 aromatic heterocycles. The normalized spacial score (nSPS) is 14.4. The third kappa shape index (κ3) is 3.09. The molecule has 12 heteroatoms. The molecule has 0 spiro atoms. The van der Waals surface area contributed by atoms with Gasteiger partial charge in [0, 0.05) is 20.6 Å². The number of aromatic nitrogens is 3. The summed E-state index contributed by atoms with van der Waals surface area (Å²) in [5, 5.41) is 0.0756. The van der Waals surface area contributed by atoms with Crippen molar-refractivity contribution in [2.24, 2.45) is 14.1 Å². The van der Waals surface area contributed by atoms with E-state index in [0.29, 0.717) is 11.3 Å². The fourth-order valence-electron chi connectivity index (χ4n) is 3.74. The summed E-state index contributed by atoms with van der Waals surface area (Å²) in [5.41, 5.74) is -6.15. The van der Waals surface area contributed by atoms with Crippen molar-refractivity contribution in [3.8, 4) is 11.3 Å². The number of hydrogen-bond donors (Lipinski definition) is 0. The second-order valence-electron chi connectivity index (χ2n) is 6.98. The highest BCUT2D eigenvalue weighted by Crippen LogP contribution is 2.40. The number of fused-ring (bicyclic) bond motifs is 3. The van der Waals surface area contributed by atoms with Crippen molar-refractivity contribution in [2.75, 3.05) is 0 Å². The van der Waals surface area contributed by atoms with Crippen molar-refractivity contribution in [3.63, 3.8) is 0 Å². The molecule has 8 nitrogen and oxygen atoms in total. The van der Waals surface area contributed by atoms with Gasteiger partial charge in [-0.15, -0.1) is 0 Å². The minimum atomic E-state index is -5.96. The highest BCUT2D eigenvalue weighted by Gasteiger charge is 2.49. The Bertz CT molecular complexity index is 1460. The van der Waals surface area contributed by atoms with Gasteiger partial charge in [-0.2, -0.15) is 21.6 Å².